The number of rotatable bonds is 6. The maximum Gasteiger partial charge on any atom is 0.317 e. The molecule has 0 aliphatic carbocycles. The Morgan fingerprint density at radius 2 is 2.00 bits per heavy atom. The molecule has 0 atom stereocenters. The summed E-state index contributed by atoms with van der Waals surface area (Å²) in [7, 11) is 0. The van der Waals surface area contributed by atoms with Crippen LogP contribution in [0.4, 0.5) is 10.6 Å². The monoisotopic (exact) mass is 316 g/mol. The molecule has 0 unspecified atom stereocenters. The third kappa shape index (κ3) is 3.82. The van der Waals surface area contributed by atoms with Gasteiger partial charge in [0.2, 0.25) is 0 Å². The van der Waals surface area contributed by atoms with Crippen LogP contribution in [-0.2, 0) is 0 Å². The largest absolute Gasteiger partial charge is 0.493 e. The summed E-state index contributed by atoms with van der Waals surface area (Å²) in [5.74, 6) is 0.184. The molecule has 0 saturated heterocycles. The van der Waals surface area contributed by atoms with E-state index >= 15 is 0 Å². The molecule has 0 spiro atoms. The minimum atomic E-state index is -0.785. The van der Waals surface area contributed by atoms with E-state index in [1.54, 1.807) is 6.07 Å². The smallest absolute Gasteiger partial charge is 0.317 e. The summed E-state index contributed by atoms with van der Waals surface area (Å²) in [6.45, 7) is 4.54. The molecule has 0 bridgehead atoms. The molecule has 122 valence electrons. The number of nitrogens with one attached hydrogen (secondary N) is 2. The second-order valence-electron chi connectivity index (χ2n) is 5.17. The van der Waals surface area contributed by atoms with Crippen LogP contribution in [0.15, 0.2) is 24.3 Å². The van der Waals surface area contributed by atoms with E-state index in [1.807, 2.05) is 32.0 Å². The van der Waals surface area contributed by atoms with Gasteiger partial charge in [-0.25, -0.2) is 4.79 Å². The number of urea groups is 1. The average Bonchev–Trinajstić information content (AvgIpc) is 2.89. The standard InChI is InChI=1S/C16H20N4O3/c1-3-6-23-13-5-4-9(2)7-10(13)12-8-11(14(17)21)15(19-12)20-16(18)22/h4-5,7-8,19H,3,6H2,1-2H3,(H2,17,21)(H3,18,20,22). The highest BCUT2D eigenvalue weighted by atomic mass is 16.5. The fraction of sp³-hybridized carbons (Fsp3) is 0.250. The first-order valence-electron chi connectivity index (χ1n) is 7.25. The van der Waals surface area contributed by atoms with Gasteiger partial charge in [0, 0.05) is 5.56 Å². The van der Waals surface area contributed by atoms with Crippen LogP contribution in [0, 0.1) is 6.92 Å². The quantitative estimate of drug-likeness (QED) is 0.654. The topological polar surface area (TPSA) is 123 Å². The number of hydrogen-bond acceptors (Lipinski definition) is 3. The van der Waals surface area contributed by atoms with Crippen molar-refractivity contribution in [1.82, 2.24) is 4.98 Å². The molecule has 1 heterocycles. The van der Waals surface area contributed by atoms with E-state index in [4.69, 9.17) is 16.2 Å². The minimum absolute atomic E-state index is 0.154. The molecule has 3 amide bonds. The van der Waals surface area contributed by atoms with E-state index in [1.165, 1.54) is 0 Å². The van der Waals surface area contributed by atoms with Crippen LogP contribution in [-0.4, -0.2) is 23.5 Å². The Hall–Kier alpha value is -2.96. The van der Waals surface area contributed by atoms with Crippen molar-refractivity contribution in [3.05, 3.63) is 35.4 Å². The number of carbonyl (C=O) groups excluding carboxylic acids is 2. The van der Waals surface area contributed by atoms with Crippen molar-refractivity contribution in [3.8, 4) is 17.0 Å². The Balaban J connectivity index is 2.51. The Labute approximate surface area is 134 Å². The summed E-state index contributed by atoms with van der Waals surface area (Å²) < 4.78 is 5.74. The Kier molecular flexibility index (Phi) is 4.90. The normalized spacial score (nSPS) is 10.3. The number of anilines is 1. The number of nitrogens with two attached hydrogens (primary N) is 2. The maximum absolute atomic E-state index is 11.6. The van der Waals surface area contributed by atoms with Crippen molar-refractivity contribution in [2.75, 3.05) is 11.9 Å². The summed E-state index contributed by atoms with van der Waals surface area (Å²) in [6, 6.07) is 6.52. The molecule has 0 saturated carbocycles. The molecule has 23 heavy (non-hydrogen) atoms. The number of aromatic amines is 1. The molecule has 7 heteroatoms. The molecule has 7 nitrogen and oxygen atoms in total. The Bertz CT molecular complexity index is 737. The van der Waals surface area contributed by atoms with Gasteiger partial charge in [0.1, 0.15) is 11.6 Å². The fourth-order valence-electron chi connectivity index (χ4n) is 2.21. The van der Waals surface area contributed by atoms with E-state index in [9.17, 15) is 9.59 Å². The number of aryl methyl sites for hydroxylation is 1. The molecule has 0 radical (unpaired) electrons. The number of aromatic nitrogens is 1. The van der Waals surface area contributed by atoms with Gasteiger partial charge in [-0.1, -0.05) is 18.6 Å². The Morgan fingerprint density at radius 1 is 1.26 bits per heavy atom. The fourth-order valence-corrected chi connectivity index (χ4v) is 2.21. The third-order valence-electron chi connectivity index (χ3n) is 3.22. The molecule has 1 aromatic carbocycles. The van der Waals surface area contributed by atoms with Gasteiger partial charge < -0.3 is 21.2 Å². The van der Waals surface area contributed by atoms with Crippen LogP contribution in [0.5, 0.6) is 5.75 Å². The van der Waals surface area contributed by atoms with Crippen molar-refractivity contribution in [3.63, 3.8) is 0 Å². The average molecular weight is 316 g/mol. The zero-order chi connectivity index (χ0) is 17.0. The van der Waals surface area contributed by atoms with Gasteiger partial charge in [-0.05, 0) is 31.5 Å². The van der Waals surface area contributed by atoms with Crippen molar-refractivity contribution >= 4 is 17.8 Å². The number of primary amides is 2. The van der Waals surface area contributed by atoms with Crippen molar-refractivity contribution < 1.29 is 14.3 Å². The molecule has 1 aromatic heterocycles. The molecule has 0 aliphatic rings. The number of carbonyl (C=O) groups is 2. The number of hydrogen-bond donors (Lipinski definition) is 4. The van der Waals surface area contributed by atoms with Gasteiger partial charge in [0.15, 0.2) is 0 Å². The Morgan fingerprint density at radius 3 is 2.61 bits per heavy atom. The number of amides is 3. The highest BCUT2D eigenvalue weighted by Crippen LogP contribution is 2.33. The van der Waals surface area contributed by atoms with Gasteiger partial charge in [0.05, 0.1) is 17.9 Å². The highest BCUT2D eigenvalue weighted by molar-refractivity contribution is 6.03. The zero-order valence-corrected chi connectivity index (χ0v) is 13.1. The van der Waals surface area contributed by atoms with Crippen LogP contribution in [0.25, 0.3) is 11.3 Å². The van der Waals surface area contributed by atoms with E-state index < -0.39 is 11.9 Å². The first-order chi connectivity index (χ1) is 10.9. The lowest BCUT2D eigenvalue weighted by Crippen LogP contribution is -2.22. The lowest BCUT2D eigenvalue weighted by Gasteiger charge is -2.11. The first-order valence-corrected chi connectivity index (χ1v) is 7.25. The van der Waals surface area contributed by atoms with Crippen molar-refractivity contribution in [2.24, 2.45) is 11.5 Å². The van der Waals surface area contributed by atoms with E-state index in [-0.39, 0.29) is 11.4 Å². The van der Waals surface area contributed by atoms with Crippen molar-refractivity contribution in [2.45, 2.75) is 20.3 Å². The summed E-state index contributed by atoms with van der Waals surface area (Å²) in [5, 5.41) is 2.36. The summed E-state index contributed by atoms with van der Waals surface area (Å²) in [5.41, 5.74) is 13.0. The molecule has 2 aromatic rings. The summed E-state index contributed by atoms with van der Waals surface area (Å²) in [4.78, 5) is 25.6. The van der Waals surface area contributed by atoms with Crippen LogP contribution in [0.1, 0.15) is 29.3 Å². The van der Waals surface area contributed by atoms with Gasteiger partial charge >= 0.3 is 6.03 Å². The summed E-state index contributed by atoms with van der Waals surface area (Å²) >= 11 is 0. The first kappa shape index (κ1) is 16.4. The second-order valence-corrected chi connectivity index (χ2v) is 5.17. The minimum Gasteiger partial charge on any atom is -0.493 e. The molecule has 0 fully saturated rings. The number of benzene rings is 1. The lowest BCUT2D eigenvalue weighted by molar-refractivity contribution is 0.100. The van der Waals surface area contributed by atoms with Gasteiger partial charge in [0.25, 0.3) is 5.91 Å². The number of H-pyrrole nitrogens is 1. The van der Waals surface area contributed by atoms with Gasteiger partial charge in [-0.2, -0.15) is 0 Å². The molecular formula is C16H20N4O3. The lowest BCUT2D eigenvalue weighted by atomic mass is 10.1. The predicted molar refractivity (Wildman–Crippen MR) is 88.5 cm³/mol. The number of ether oxygens (including phenoxy) is 1. The zero-order valence-electron chi connectivity index (χ0n) is 13.1. The predicted octanol–water partition coefficient (Wildman–Crippen LogP) is 2.37. The van der Waals surface area contributed by atoms with Crippen LogP contribution in [0.2, 0.25) is 0 Å². The SMILES string of the molecule is CCCOc1ccc(C)cc1-c1cc(C(N)=O)c(NC(N)=O)[nH]1. The molecule has 0 aliphatic heterocycles. The van der Waals surface area contributed by atoms with Crippen molar-refractivity contribution in [1.29, 1.82) is 0 Å². The second kappa shape index (κ2) is 6.87. The van der Waals surface area contributed by atoms with E-state index in [0.29, 0.717) is 18.1 Å². The third-order valence-corrected chi connectivity index (χ3v) is 3.22. The molecule has 2 rings (SSSR count). The van der Waals surface area contributed by atoms with Crippen LogP contribution in [0.3, 0.4) is 0 Å². The molecular weight excluding hydrogens is 296 g/mol. The van der Waals surface area contributed by atoms with Crippen LogP contribution < -0.4 is 21.5 Å². The molecule has 6 N–H and O–H groups in total. The van der Waals surface area contributed by atoms with Gasteiger partial charge in [-0.3, -0.25) is 10.1 Å². The summed E-state index contributed by atoms with van der Waals surface area (Å²) in [6.07, 6.45) is 0.874. The van der Waals surface area contributed by atoms with E-state index in [2.05, 4.69) is 10.3 Å². The van der Waals surface area contributed by atoms with E-state index in [0.717, 1.165) is 17.5 Å². The highest BCUT2D eigenvalue weighted by Gasteiger charge is 2.17. The van der Waals surface area contributed by atoms with Gasteiger partial charge in [-0.15, -0.1) is 0 Å². The van der Waals surface area contributed by atoms with Crippen LogP contribution >= 0.6 is 0 Å². The maximum atomic E-state index is 11.6.